The standard InChI is InChI=1S/C19H16BrFN2O2/c1-23(2)19(24)15(11-22)9-14-10-16(20)7-8-18(14)25-12-13-5-3-4-6-17(13)21/h3-10H,12H2,1-2H3/b15-9-. The summed E-state index contributed by atoms with van der Waals surface area (Å²) < 4.78 is 20.2. The van der Waals surface area contributed by atoms with Gasteiger partial charge in [-0.2, -0.15) is 5.26 Å². The zero-order valence-electron chi connectivity index (χ0n) is 13.8. The third kappa shape index (κ3) is 4.91. The van der Waals surface area contributed by atoms with Crippen molar-refractivity contribution in [2.45, 2.75) is 6.61 Å². The first kappa shape index (κ1) is 18.7. The van der Waals surface area contributed by atoms with E-state index in [2.05, 4.69) is 15.9 Å². The number of hydrogen-bond acceptors (Lipinski definition) is 3. The van der Waals surface area contributed by atoms with Gasteiger partial charge in [0.2, 0.25) is 0 Å². The minimum atomic E-state index is -0.400. The van der Waals surface area contributed by atoms with Crippen LogP contribution in [0.4, 0.5) is 4.39 Å². The molecule has 0 aromatic heterocycles. The molecular formula is C19H16BrFN2O2. The maximum absolute atomic E-state index is 13.7. The zero-order chi connectivity index (χ0) is 18.4. The number of carbonyl (C=O) groups is 1. The molecule has 2 aromatic carbocycles. The molecule has 0 bridgehead atoms. The van der Waals surface area contributed by atoms with Crippen LogP contribution >= 0.6 is 15.9 Å². The third-order valence-electron chi connectivity index (χ3n) is 3.37. The first-order valence-electron chi connectivity index (χ1n) is 7.41. The lowest BCUT2D eigenvalue weighted by Crippen LogP contribution is -2.22. The largest absolute Gasteiger partial charge is 0.488 e. The SMILES string of the molecule is CN(C)C(=O)/C(C#N)=C\c1cc(Br)ccc1OCc1ccccc1F. The predicted octanol–water partition coefficient (Wildman–Crippen LogP) is 4.16. The van der Waals surface area contributed by atoms with E-state index in [1.807, 2.05) is 6.07 Å². The molecule has 128 valence electrons. The van der Waals surface area contributed by atoms with Crippen LogP contribution in [-0.4, -0.2) is 24.9 Å². The molecule has 0 atom stereocenters. The number of hydrogen-bond donors (Lipinski definition) is 0. The second-order valence-electron chi connectivity index (χ2n) is 5.43. The summed E-state index contributed by atoms with van der Waals surface area (Å²) in [6, 6.07) is 13.4. The molecule has 0 heterocycles. The topological polar surface area (TPSA) is 53.3 Å². The quantitative estimate of drug-likeness (QED) is 0.557. The van der Waals surface area contributed by atoms with Gasteiger partial charge >= 0.3 is 0 Å². The highest BCUT2D eigenvalue weighted by Crippen LogP contribution is 2.27. The van der Waals surface area contributed by atoms with Crippen molar-refractivity contribution in [3.05, 3.63) is 69.5 Å². The van der Waals surface area contributed by atoms with Crippen LogP contribution < -0.4 is 4.74 Å². The van der Waals surface area contributed by atoms with Crippen molar-refractivity contribution in [2.24, 2.45) is 0 Å². The lowest BCUT2D eigenvalue weighted by Gasteiger charge is -2.12. The number of carbonyl (C=O) groups excluding carboxylic acids is 1. The molecule has 4 nitrogen and oxygen atoms in total. The van der Waals surface area contributed by atoms with Gasteiger partial charge in [0.05, 0.1) is 0 Å². The molecule has 0 N–H and O–H groups in total. The summed E-state index contributed by atoms with van der Waals surface area (Å²) in [6.07, 6.45) is 1.46. The molecule has 25 heavy (non-hydrogen) atoms. The molecule has 0 fully saturated rings. The highest BCUT2D eigenvalue weighted by molar-refractivity contribution is 9.10. The van der Waals surface area contributed by atoms with Crippen LogP contribution in [0.3, 0.4) is 0 Å². The van der Waals surface area contributed by atoms with Gasteiger partial charge in [0.15, 0.2) is 0 Å². The number of amides is 1. The monoisotopic (exact) mass is 402 g/mol. The maximum Gasteiger partial charge on any atom is 0.264 e. The van der Waals surface area contributed by atoms with Gasteiger partial charge in [-0.3, -0.25) is 4.79 Å². The highest BCUT2D eigenvalue weighted by atomic mass is 79.9. The summed E-state index contributed by atoms with van der Waals surface area (Å²) in [5.74, 6) is -0.300. The van der Waals surface area contributed by atoms with E-state index in [0.29, 0.717) is 16.9 Å². The van der Waals surface area contributed by atoms with Crippen LogP contribution in [0.5, 0.6) is 5.75 Å². The normalized spacial score (nSPS) is 10.9. The Morgan fingerprint density at radius 2 is 2.04 bits per heavy atom. The van der Waals surface area contributed by atoms with Crippen LogP contribution in [0, 0.1) is 17.1 Å². The third-order valence-corrected chi connectivity index (χ3v) is 3.86. The molecule has 2 aromatic rings. The van der Waals surface area contributed by atoms with E-state index in [1.54, 1.807) is 50.5 Å². The van der Waals surface area contributed by atoms with Crippen LogP contribution in [0.2, 0.25) is 0 Å². The Labute approximate surface area is 154 Å². The summed E-state index contributed by atoms with van der Waals surface area (Å²) >= 11 is 3.36. The fourth-order valence-electron chi connectivity index (χ4n) is 2.07. The molecular weight excluding hydrogens is 387 g/mol. The van der Waals surface area contributed by atoms with E-state index in [-0.39, 0.29) is 18.0 Å². The lowest BCUT2D eigenvalue weighted by molar-refractivity contribution is -0.124. The van der Waals surface area contributed by atoms with E-state index in [4.69, 9.17) is 4.74 Å². The molecule has 0 radical (unpaired) electrons. The van der Waals surface area contributed by atoms with Gasteiger partial charge in [-0.1, -0.05) is 34.1 Å². The molecule has 0 aliphatic heterocycles. The maximum atomic E-state index is 13.7. The number of benzene rings is 2. The van der Waals surface area contributed by atoms with E-state index in [1.165, 1.54) is 17.0 Å². The van der Waals surface area contributed by atoms with Crippen LogP contribution in [-0.2, 0) is 11.4 Å². The van der Waals surface area contributed by atoms with Gasteiger partial charge < -0.3 is 9.64 Å². The Kier molecular flexibility index (Phi) is 6.31. The van der Waals surface area contributed by atoms with Crippen molar-refractivity contribution in [1.82, 2.24) is 4.90 Å². The van der Waals surface area contributed by atoms with Crippen molar-refractivity contribution in [2.75, 3.05) is 14.1 Å². The first-order chi connectivity index (χ1) is 11.9. The molecule has 0 aliphatic carbocycles. The smallest absolute Gasteiger partial charge is 0.264 e. The Morgan fingerprint density at radius 1 is 1.32 bits per heavy atom. The van der Waals surface area contributed by atoms with Crippen LogP contribution in [0.25, 0.3) is 6.08 Å². The summed E-state index contributed by atoms with van der Waals surface area (Å²) in [7, 11) is 3.15. The summed E-state index contributed by atoms with van der Waals surface area (Å²) in [5, 5.41) is 9.24. The average molecular weight is 403 g/mol. The Bertz CT molecular complexity index is 857. The number of halogens is 2. The lowest BCUT2D eigenvalue weighted by atomic mass is 10.1. The Balaban J connectivity index is 2.33. The summed E-state index contributed by atoms with van der Waals surface area (Å²) in [5.41, 5.74) is 0.960. The number of nitriles is 1. The highest BCUT2D eigenvalue weighted by Gasteiger charge is 2.13. The van der Waals surface area contributed by atoms with Crippen LogP contribution in [0.1, 0.15) is 11.1 Å². The number of likely N-dealkylation sites (N-methyl/N-ethyl adjacent to an activating group) is 1. The van der Waals surface area contributed by atoms with E-state index >= 15 is 0 Å². The van der Waals surface area contributed by atoms with Crippen LogP contribution in [0.15, 0.2) is 52.5 Å². The van der Waals surface area contributed by atoms with Gasteiger partial charge in [-0.05, 0) is 30.3 Å². The molecule has 0 spiro atoms. The minimum absolute atomic E-state index is 0.0150. The average Bonchev–Trinajstić information content (AvgIpc) is 2.59. The molecule has 1 amide bonds. The molecule has 6 heteroatoms. The van der Waals surface area contributed by atoms with Gasteiger partial charge in [-0.25, -0.2) is 4.39 Å². The molecule has 0 aliphatic rings. The van der Waals surface area contributed by atoms with E-state index in [0.717, 1.165) is 4.47 Å². The van der Waals surface area contributed by atoms with Gasteiger partial charge in [-0.15, -0.1) is 0 Å². The Morgan fingerprint density at radius 3 is 2.68 bits per heavy atom. The summed E-state index contributed by atoms with van der Waals surface area (Å²) in [6.45, 7) is 0.0403. The van der Waals surface area contributed by atoms with Crippen molar-refractivity contribution in [3.8, 4) is 11.8 Å². The van der Waals surface area contributed by atoms with Gasteiger partial charge in [0.1, 0.15) is 29.8 Å². The van der Waals surface area contributed by atoms with Crippen molar-refractivity contribution < 1.29 is 13.9 Å². The minimum Gasteiger partial charge on any atom is -0.488 e. The van der Waals surface area contributed by atoms with E-state index in [9.17, 15) is 14.4 Å². The molecule has 0 unspecified atom stereocenters. The van der Waals surface area contributed by atoms with Gasteiger partial charge in [0, 0.05) is 29.7 Å². The van der Waals surface area contributed by atoms with Crippen molar-refractivity contribution >= 4 is 27.9 Å². The molecule has 0 saturated carbocycles. The number of rotatable bonds is 5. The number of ether oxygens (including phenoxy) is 1. The van der Waals surface area contributed by atoms with Crippen molar-refractivity contribution in [3.63, 3.8) is 0 Å². The second-order valence-corrected chi connectivity index (χ2v) is 6.35. The Hall–Kier alpha value is -2.65. The second kappa shape index (κ2) is 8.45. The summed E-state index contributed by atoms with van der Waals surface area (Å²) in [4.78, 5) is 13.4. The predicted molar refractivity (Wildman–Crippen MR) is 97.2 cm³/mol. The van der Waals surface area contributed by atoms with E-state index < -0.39 is 5.91 Å². The fourth-order valence-corrected chi connectivity index (χ4v) is 2.45. The number of nitrogens with zero attached hydrogens (tertiary/aromatic N) is 2. The fraction of sp³-hybridized carbons (Fsp3) is 0.158. The van der Waals surface area contributed by atoms with Crippen molar-refractivity contribution in [1.29, 1.82) is 5.26 Å². The zero-order valence-corrected chi connectivity index (χ0v) is 15.4. The first-order valence-corrected chi connectivity index (χ1v) is 8.21. The molecule has 2 rings (SSSR count). The van der Waals surface area contributed by atoms with Gasteiger partial charge in [0.25, 0.3) is 5.91 Å². The molecule has 0 saturated heterocycles.